The molecule has 9 heteroatoms. The van der Waals surface area contributed by atoms with E-state index in [1.807, 2.05) is 44.2 Å². The number of carbonyl (C=O) groups excluding carboxylic acids is 2. The maximum Gasteiger partial charge on any atom is 0.338 e. The molecule has 8 nitrogen and oxygen atoms in total. The summed E-state index contributed by atoms with van der Waals surface area (Å²) in [6.45, 7) is 7.01. The maximum atomic E-state index is 13.8. The van der Waals surface area contributed by atoms with Crippen LogP contribution in [0.25, 0.3) is 0 Å². The number of ether oxygens (including phenoxy) is 1. The predicted octanol–water partition coefficient (Wildman–Crippen LogP) is 4.84. The number of ketones is 1. The van der Waals surface area contributed by atoms with Crippen LogP contribution < -0.4 is 10.6 Å². The van der Waals surface area contributed by atoms with Crippen LogP contribution in [0.3, 0.4) is 0 Å². The highest BCUT2D eigenvalue weighted by atomic mass is 32.2. The molecule has 0 spiro atoms. The minimum Gasteiger partial charge on any atom is -0.463 e. The van der Waals surface area contributed by atoms with Crippen molar-refractivity contribution in [2.24, 2.45) is 11.1 Å². The molecule has 2 heterocycles. The van der Waals surface area contributed by atoms with Crippen LogP contribution in [0, 0.1) is 5.41 Å². The first-order valence-corrected chi connectivity index (χ1v) is 15.4. The van der Waals surface area contributed by atoms with Crippen LogP contribution in [0.2, 0.25) is 0 Å². The van der Waals surface area contributed by atoms with E-state index in [1.54, 1.807) is 36.1 Å². The fraction of sp³-hybridized carbons (Fsp3) is 0.419. The van der Waals surface area contributed by atoms with Gasteiger partial charge < -0.3 is 10.5 Å². The van der Waals surface area contributed by atoms with Gasteiger partial charge in [0.15, 0.2) is 5.78 Å². The van der Waals surface area contributed by atoms with Gasteiger partial charge >= 0.3 is 5.97 Å². The quantitative estimate of drug-likeness (QED) is 0.501. The van der Waals surface area contributed by atoms with Crippen LogP contribution in [0.15, 0.2) is 82.2 Å². The van der Waals surface area contributed by atoms with E-state index >= 15 is 0 Å². The lowest BCUT2D eigenvalue weighted by Gasteiger charge is -2.44. The Labute approximate surface area is 236 Å². The number of benzene rings is 2. The molecule has 2 aromatic carbocycles. The number of sulfonamides is 1. The molecule has 0 radical (unpaired) electrons. The summed E-state index contributed by atoms with van der Waals surface area (Å²) in [5.74, 6) is -1.09. The standard InChI is InChI=1S/C31H37N3O5S/c1-4-39-30(36)28-26(21-11-7-5-8-12-21)27-24(19-31(2,3)20-25(27)35)34(29(28)32)22-13-15-23(16-14-22)40(37,38)33-17-9-6-10-18-33/h5,7-8,11-16,26H,4,6,9-10,17-20,32H2,1-3H3. The lowest BCUT2D eigenvalue weighted by Crippen LogP contribution is -2.43. The molecular formula is C31H37N3O5S. The van der Waals surface area contributed by atoms with Crippen LogP contribution in [0.5, 0.6) is 0 Å². The van der Waals surface area contributed by atoms with Crippen molar-refractivity contribution in [3.63, 3.8) is 0 Å². The topological polar surface area (TPSA) is 110 Å². The fourth-order valence-corrected chi connectivity index (χ4v) is 7.63. The Morgan fingerprint density at radius 1 is 1.00 bits per heavy atom. The summed E-state index contributed by atoms with van der Waals surface area (Å²) < 4.78 is 33.5. The molecule has 0 aromatic heterocycles. The molecular weight excluding hydrogens is 526 g/mol. The van der Waals surface area contributed by atoms with Crippen LogP contribution >= 0.6 is 0 Å². The number of esters is 1. The average Bonchev–Trinajstić information content (AvgIpc) is 2.93. The van der Waals surface area contributed by atoms with Gasteiger partial charge in [0, 0.05) is 36.5 Å². The molecule has 2 N–H and O–H groups in total. The smallest absolute Gasteiger partial charge is 0.338 e. The van der Waals surface area contributed by atoms with Gasteiger partial charge in [-0.15, -0.1) is 0 Å². The van der Waals surface area contributed by atoms with Gasteiger partial charge in [0.25, 0.3) is 0 Å². The number of nitrogens with two attached hydrogens (primary N) is 1. The Balaban J connectivity index is 1.66. The summed E-state index contributed by atoms with van der Waals surface area (Å²) >= 11 is 0. The molecule has 0 bridgehead atoms. The van der Waals surface area contributed by atoms with Crippen LogP contribution in [0.1, 0.15) is 64.4 Å². The zero-order valence-corrected chi connectivity index (χ0v) is 24.2. The maximum absolute atomic E-state index is 13.8. The van der Waals surface area contributed by atoms with Gasteiger partial charge in [-0.1, -0.05) is 50.6 Å². The SMILES string of the molecule is CCOC(=O)C1=C(N)N(c2ccc(S(=O)(=O)N3CCCCC3)cc2)C2=C(C(=O)CC(C)(C)C2)C1c1ccccc1. The largest absolute Gasteiger partial charge is 0.463 e. The summed E-state index contributed by atoms with van der Waals surface area (Å²) in [4.78, 5) is 29.2. The molecule has 212 valence electrons. The van der Waals surface area contributed by atoms with E-state index in [1.165, 1.54) is 4.31 Å². The second-order valence-corrected chi connectivity index (χ2v) is 13.4. The third kappa shape index (κ3) is 5.08. The number of rotatable bonds is 6. The van der Waals surface area contributed by atoms with Crippen LogP contribution in [-0.2, 0) is 24.3 Å². The number of hydrogen-bond donors (Lipinski definition) is 1. The average molecular weight is 564 g/mol. The van der Waals surface area contributed by atoms with Gasteiger partial charge in [0.2, 0.25) is 10.0 Å². The Bertz CT molecular complexity index is 1470. The molecule has 0 amide bonds. The molecule has 1 aliphatic carbocycles. The highest BCUT2D eigenvalue weighted by molar-refractivity contribution is 7.89. The van der Waals surface area contributed by atoms with Crippen LogP contribution in [0.4, 0.5) is 5.69 Å². The summed E-state index contributed by atoms with van der Waals surface area (Å²) in [6, 6.07) is 16.0. The third-order valence-electron chi connectivity index (χ3n) is 7.94. The second-order valence-electron chi connectivity index (χ2n) is 11.5. The van der Waals surface area contributed by atoms with Crippen molar-refractivity contribution in [1.82, 2.24) is 4.31 Å². The number of nitrogens with zero attached hydrogens (tertiary/aromatic N) is 2. The monoisotopic (exact) mass is 563 g/mol. The number of piperidine rings is 1. The van der Waals surface area contributed by atoms with Crippen molar-refractivity contribution in [2.75, 3.05) is 24.6 Å². The fourth-order valence-electron chi connectivity index (χ4n) is 6.11. The van der Waals surface area contributed by atoms with Crippen molar-refractivity contribution in [2.45, 2.75) is 63.7 Å². The van der Waals surface area contributed by atoms with E-state index in [4.69, 9.17) is 10.5 Å². The minimum atomic E-state index is -3.62. The molecule has 1 fully saturated rings. The zero-order chi connectivity index (χ0) is 28.7. The second kappa shape index (κ2) is 10.9. The van der Waals surface area contributed by atoms with E-state index in [2.05, 4.69) is 0 Å². The number of allylic oxidation sites excluding steroid dienone is 2. The molecule has 5 rings (SSSR count). The minimum absolute atomic E-state index is 0.0382. The zero-order valence-electron chi connectivity index (χ0n) is 23.4. The van der Waals surface area contributed by atoms with Crippen LogP contribution in [-0.4, -0.2) is 44.2 Å². The van der Waals surface area contributed by atoms with E-state index in [-0.39, 0.29) is 34.1 Å². The van der Waals surface area contributed by atoms with Gasteiger partial charge in [0.05, 0.1) is 23.0 Å². The third-order valence-corrected chi connectivity index (χ3v) is 9.85. The molecule has 2 aliphatic heterocycles. The van der Waals surface area contributed by atoms with Crippen molar-refractivity contribution >= 4 is 27.5 Å². The first-order valence-electron chi connectivity index (χ1n) is 13.9. The molecule has 40 heavy (non-hydrogen) atoms. The van der Waals surface area contributed by atoms with Crippen molar-refractivity contribution < 1.29 is 22.7 Å². The van der Waals surface area contributed by atoms with E-state index in [0.717, 1.165) is 30.5 Å². The highest BCUT2D eigenvalue weighted by Gasteiger charge is 2.46. The van der Waals surface area contributed by atoms with Crippen molar-refractivity contribution in [3.8, 4) is 0 Å². The lowest BCUT2D eigenvalue weighted by atomic mass is 9.68. The van der Waals surface area contributed by atoms with Gasteiger partial charge in [-0.25, -0.2) is 13.2 Å². The van der Waals surface area contributed by atoms with E-state index < -0.39 is 21.9 Å². The summed E-state index contributed by atoms with van der Waals surface area (Å²) in [5, 5.41) is 0. The predicted molar refractivity (Wildman–Crippen MR) is 154 cm³/mol. The summed E-state index contributed by atoms with van der Waals surface area (Å²) in [6.07, 6.45) is 3.64. The van der Waals surface area contributed by atoms with Gasteiger partial charge in [-0.2, -0.15) is 4.31 Å². The molecule has 1 saturated heterocycles. The Hall–Kier alpha value is -3.43. The summed E-state index contributed by atoms with van der Waals surface area (Å²) in [5.41, 5.74) is 9.35. The van der Waals surface area contributed by atoms with E-state index in [0.29, 0.717) is 37.2 Å². The lowest BCUT2D eigenvalue weighted by molar-refractivity contribution is -0.138. The molecule has 0 saturated carbocycles. The Kier molecular flexibility index (Phi) is 7.63. The van der Waals surface area contributed by atoms with Crippen molar-refractivity contribution in [3.05, 3.63) is 82.8 Å². The highest BCUT2D eigenvalue weighted by Crippen LogP contribution is 2.50. The van der Waals surface area contributed by atoms with Crippen molar-refractivity contribution in [1.29, 1.82) is 0 Å². The van der Waals surface area contributed by atoms with Gasteiger partial charge in [0.1, 0.15) is 5.82 Å². The number of anilines is 1. The van der Waals surface area contributed by atoms with Gasteiger partial charge in [-0.3, -0.25) is 9.69 Å². The molecule has 3 aliphatic rings. The first kappa shape index (κ1) is 28.1. The molecule has 1 atom stereocenters. The number of carbonyl (C=O) groups is 2. The molecule has 1 unspecified atom stereocenters. The Morgan fingerprint density at radius 2 is 1.65 bits per heavy atom. The molecule has 2 aromatic rings. The Morgan fingerprint density at radius 3 is 2.27 bits per heavy atom. The number of Topliss-reactive ketones (excluding diaryl/α,β-unsaturated/α-hetero) is 1. The first-order chi connectivity index (χ1) is 19.0. The van der Waals surface area contributed by atoms with Gasteiger partial charge in [-0.05, 0) is 61.4 Å². The number of hydrogen-bond acceptors (Lipinski definition) is 7. The van der Waals surface area contributed by atoms with E-state index in [9.17, 15) is 18.0 Å². The normalized spacial score (nSPS) is 21.8. The summed E-state index contributed by atoms with van der Waals surface area (Å²) in [7, 11) is -3.62.